The van der Waals surface area contributed by atoms with Gasteiger partial charge in [-0.2, -0.15) is 0 Å². The van der Waals surface area contributed by atoms with E-state index in [0.717, 1.165) is 31.7 Å². The molecule has 0 bridgehead atoms. The molecule has 21 heavy (non-hydrogen) atoms. The van der Waals surface area contributed by atoms with Crippen molar-refractivity contribution in [1.82, 2.24) is 9.88 Å². The topological polar surface area (TPSA) is 33.2 Å². The largest absolute Gasteiger partial charge is 0.300 e. The lowest BCUT2D eigenvalue weighted by atomic mass is 9.95. The zero-order valence-corrected chi connectivity index (χ0v) is 14.3. The van der Waals surface area contributed by atoms with E-state index in [1.807, 2.05) is 0 Å². The van der Waals surface area contributed by atoms with Crippen LogP contribution >= 0.6 is 0 Å². The molecule has 1 aromatic heterocycles. The molecule has 3 nitrogen and oxygen atoms in total. The number of hydrogen-bond donors (Lipinski definition) is 0. The maximum atomic E-state index is 11.5. The summed E-state index contributed by atoms with van der Waals surface area (Å²) in [6, 6.07) is 0. The van der Waals surface area contributed by atoms with E-state index in [0.29, 0.717) is 11.7 Å². The SMILES string of the molecule is CC(=O)C1CCN(Cc2c(C)nc(C(C)C)c(C)c2C)C1. The Morgan fingerprint density at radius 2 is 1.95 bits per heavy atom. The van der Waals surface area contributed by atoms with E-state index >= 15 is 0 Å². The van der Waals surface area contributed by atoms with Gasteiger partial charge in [0.1, 0.15) is 5.78 Å². The first kappa shape index (κ1) is 16.2. The van der Waals surface area contributed by atoms with Crippen LogP contribution in [-0.2, 0) is 11.3 Å². The summed E-state index contributed by atoms with van der Waals surface area (Å²) in [6.45, 7) is 15.5. The van der Waals surface area contributed by atoms with Crippen LogP contribution in [-0.4, -0.2) is 28.8 Å². The summed E-state index contributed by atoms with van der Waals surface area (Å²) in [5.74, 6) is 1.02. The lowest BCUT2D eigenvalue weighted by Crippen LogP contribution is -2.23. The Morgan fingerprint density at radius 3 is 2.48 bits per heavy atom. The van der Waals surface area contributed by atoms with Gasteiger partial charge in [0.15, 0.2) is 0 Å². The van der Waals surface area contributed by atoms with Crippen LogP contribution in [0.5, 0.6) is 0 Å². The average molecular weight is 288 g/mol. The fourth-order valence-electron chi connectivity index (χ4n) is 3.35. The van der Waals surface area contributed by atoms with Crippen molar-refractivity contribution in [3.05, 3.63) is 28.1 Å². The van der Waals surface area contributed by atoms with Gasteiger partial charge >= 0.3 is 0 Å². The number of ketones is 1. The van der Waals surface area contributed by atoms with Gasteiger partial charge in [-0.05, 0) is 63.3 Å². The fraction of sp³-hybridized carbons (Fsp3) is 0.667. The Labute approximate surface area is 128 Å². The monoisotopic (exact) mass is 288 g/mol. The third-order valence-electron chi connectivity index (χ3n) is 4.90. The number of rotatable bonds is 4. The van der Waals surface area contributed by atoms with Crippen molar-refractivity contribution in [2.75, 3.05) is 13.1 Å². The van der Waals surface area contributed by atoms with E-state index in [-0.39, 0.29) is 5.92 Å². The zero-order chi connectivity index (χ0) is 15.7. The van der Waals surface area contributed by atoms with Gasteiger partial charge in [-0.25, -0.2) is 0 Å². The predicted octanol–water partition coefficient (Wildman–Crippen LogP) is 3.54. The number of hydrogen-bond acceptors (Lipinski definition) is 3. The summed E-state index contributed by atoms with van der Waals surface area (Å²) in [6.07, 6.45) is 1.00. The Hall–Kier alpha value is -1.22. The minimum Gasteiger partial charge on any atom is -0.300 e. The van der Waals surface area contributed by atoms with Crippen LogP contribution in [0.15, 0.2) is 0 Å². The third-order valence-corrected chi connectivity index (χ3v) is 4.90. The van der Waals surface area contributed by atoms with Crippen LogP contribution in [0.3, 0.4) is 0 Å². The molecule has 2 heterocycles. The predicted molar refractivity (Wildman–Crippen MR) is 86.6 cm³/mol. The van der Waals surface area contributed by atoms with Crippen molar-refractivity contribution in [3.8, 4) is 0 Å². The molecule has 0 aromatic carbocycles. The number of aryl methyl sites for hydroxylation is 1. The number of carbonyl (C=O) groups is 1. The maximum absolute atomic E-state index is 11.5. The normalized spacial score (nSPS) is 19.5. The summed E-state index contributed by atoms with van der Waals surface area (Å²) in [4.78, 5) is 18.7. The van der Waals surface area contributed by atoms with Crippen molar-refractivity contribution in [2.45, 2.75) is 60.4 Å². The Kier molecular flexibility index (Phi) is 4.82. The van der Waals surface area contributed by atoms with Crippen molar-refractivity contribution in [2.24, 2.45) is 5.92 Å². The first-order valence-corrected chi connectivity index (χ1v) is 8.00. The van der Waals surface area contributed by atoms with E-state index in [1.165, 1.54) is 22.4 Å². The number of carbonyl (C=O) groups excluding carboxylic acids is 1. The highest BCUT2D eigenvalue weighted by Gasteiger charge is 2.26. The van der Waals surface area contributed by atoms with Gasteiger partial charge in [0.2, 0.25) is 0 Å². The summed E-state index contributed by atoms with van der Waals surface area (Å²) < 4.78 is 0. The average Bonchev–Trinajstić information content (AvgIpc) is 2.87. The molecule has 1 aliphatic heterocycles. The second-order valence-electron chi connectivity index (χ2n) is 6.80. The minimum absolute atomic E-state index is 0.231. The highest BCUT2D eigenvalue weighted by molar-refractivity contribution is 5.78. The second kappa shape index (κ2) is 6.27. The van der Waals surface area contributed by atoms with Crippen LogP contribution in [0.2, 0.25) is 0 Å². The number of aromatic nitrogens is 1. The number of nitrogens with zero attached hydrogens (tertiary/aromatic N) is 2. The number of likely N-dealkylation sites (tertiary alicyclic amines) is 1. The van der Waals surface area contributed by atoms with E-state index in [4.69, 9.17) is 4.98 Å². The molecule has 1 saturated heterocycles. The fourth-order valence-corrected chi connectivity index (χ4v) is 3.35. The van der Waals surface area contributed by atoms with Crippen LogP contribution in [0.4, 0.5) is 0 Å². The molecule has 0 radical (unpaired) electrons. The van der Waals surface area contributed by atoms with Gasteiger partial charge in [0.25, 0.3) is 0 Å². The molecule has 0 saturated carbocycles. The minimum atomic E-state index is 0.231. The van der Waals surface area contributed by atoms with E-state index in [2.05, 4.69) is 39.5 Å². The molecule has 1 aliphatic rings. The molecule has 1 unspecified atom stereocenters. The van der Waals surface area contributed by atoms with Gasteiger partial charge in [-0.1, -0.05) is 13.8 Å². The van der Waals surface area contributed by atoms with Crippen LogP contribution < -0.4 is 0 Å². The van der Waals surface area contributed by atoms with Crippen LogP contribution in [0.25, 0.3) is 0 Å². The van der Waals surface area contributed by atoms with Gasteiger partial charge < -0.3 is 0 Å². The van der Waals surface area contributed by atoms with Crippen LogP contribution in [0, 0.1) is 26.7 Å². The molecule has 116 valence electrons. The molecule has 0 aliphatic carbocycles. The second-order valence-corrected chi connectivity index (χ2v) is 6.80. The number of pyridine rings is 1. The molecular formula is C18H28N2O. The number of Topliss-reactive ketones (excluding diaryl/α,β-unsaturated/α-hetero) is 1. The molecule has 0 amide bonds. The quantitative estimate of drug-likeness (QED) is 0.849. The lowest BCUT2D eigenvalue weighted by molar-refractivity contribution is -0.120. The molecule has 3 heteroatoms. The summed E-state index contributed by atoms with van der Waals surface area (Å²) in [5.41, 5.74) is 6.41. The summed E-state index contributed by atoms with van der Waals surface area (Å²) in [7, 11) is 0. The maximum Gasteiger partial charge on any atom is 0.134 e. The van der Waals surface area contributed by atoms with Gasteiger partial charge in [-0.15, -0.1) is 0 Å². The van der Waals surface area contributed by atoms with Gasteiger partial charge in [-0.3, -0.25) is 14.7 Å². The van der Waals surface area contributed by atoms with Crippen LogP contribution in [0.1, 0.15) is 61.2 Å². The highest BCUT2D eigenvalue weighted by atomic mass is 16.1. The third kappa shape index (κ3) is 3.34. The first-order valence-electron chi connectivity index (χ1n) is 8.00. The van der Waals surface area contributed by atoms with Crippen molar-refractivity contribution in [3.63, 3.8) is 0 Å². The Morgan fingerprint density at radius 1 is 1.29 bits per heavy atom. The molecule has 0 spiro atoms. The van der Waals surface area contributed by atoms with Gasteiger partial charge in [0.05, 0.1) is 0 Å². The first-order chi connectivity index (χ1) is 9.81. The molecular weight excluding hydrogens is 260 g/mol. The van der Waals surface area contributed by atoms with E-state index in [1.54, 1.807) is 6.92 Å². The van der Waals surface area contributed by atoms with Crippen molar-refractivity contribution < 1.29 is 4.79 Å². The summed E-state index contributed by atoms with van der Waals surface area (Å²) >= 11 is 0. The standard InChI is InChI=1S/C18H28N2O/c1-11(2)18-13(4)12(3)17(14(5)19-18)10-20-8-7-16(9-20)15(6)21/h11,16H,7-10H2,1-6H3. The zero-order valence-electron chi connectivity index (χ0n) is 14.3. The van der Waals surface area contributed by atoms with Gasteiger partial charge in [0, 0.05) is 30.4 Å². The Bertz CT molecular complexity index is 549. The summed E-state index contributed by atoms with van der Waals surface area (Å²) in [5, 5.41) is 0. The molecule has 1 aromatic rings. The van der Waals surface area contributed by atoms with E-state index < -0.39 is 0 Å². The Balaban J connectivity index is 2.22. The van der Waals surface area contributed by atoms with Crippen molar-refractivity contribution in [1.29, 1.82) is 0 Å². The smallest absolute Gasteiger partial charge is 0.134 e. The molecule has 1 fully saturated rings. The highest BCUT2D eigenvalue weighted by Crippen LogP contribution is 2.27. The van der Waals surface area contributed by atoms with Crippen molar-refractivity contribution >= 4 is 5.78 Å². The lowest BCUT2D eigenvalue weighted by Gasteiger charge is -2.22. The molecule has 2 rings (SSSR count). The molecule has 1 atom stereocenters. The van der Waals surface area contributed by atoms with E-state index in [9.17, 15) is 4.79 Å². The molecule has 0 N–H and O–H groups in total.